The minimum absolute atomic E-state index is 0.0923. The van der Waals surface area contributed by atoms with E-state index in [4.69, 9.17) is 14.2 Å². The molecule has 0 spiro atoms. The molecule has 81 heavy (non-hydrogen) atoms. The van der Waals surface area contributed by atoms with Crippen molar-refractivity contribution < 1.29 is 28.6 Å². The number of ether oxygens (including phenoxy) is 3. The summed E-state index contributed by atoms with van der Waals surface area (Å²) in [5, 5.41) is 0. The summed E-state index contributed by atoms with van der Waals surface area (Å²) in [7, 11) is 0. The Morgan fingerprint density at radius 1 is 0.259 bits per heavy atom. The molecule has 0 N–H and O–H groups in total. The molecule has 0 aromatic rings. The van der Waals surface area contributed by atoms with Gasteiger partial charge >= 0.3 is 17.9 Å². The van der Waals surface area contributed by atoms with Gasteiger partial charge in [-0.3, -0.25) is 14.4 Å². The summed E-state index contributed by atoms with van der Waals surface area (Å²) in [6.07, 6.45) is 94.0. The third-order valence-corrected chi connectivity index (χ3v) is 14.8. The van der Waals surface area contributed by atoms with Crippen molar-refractivity contribution in [3.05, 3.63) is 109 Å². The first-order valence-electron chi connectivity index (χ1n) is 34.4. The zero-order valence-corrected chi connectivity index (χ0v) is 53.3. The van der Waals surface area contributed by atoms with Gasteiger partial charge in [0.25, 0.3) is 0 Å². The Hall–Kier alpha value is -3.93. The van der Waals surface area contributed by atoms with E-state index in [1.54, 1.807) is 0 Å². The van der Waals surface area contributed by atoms with Crippen LogP contribution in [-0.2, 0) is 28.6 Å². The summed E-state index contributed by atoms with van der Waals surface area (Å²) < 4.78 is 16.9. The molecule has 0 heterocycles. The second kappa shape index (κ2) is 68.6. The fourth-order valence-electron chi connectivity index (χ4n) is 9.68. The lowest BCUT2D eigenvalue weighted by atomic mass is 10.0. The molecule has 1 atom stereocenters. The van der Waals surface area contributed by atoms with Crippen LogP contribution >= 0.6 is 0 Å². The van der Waals surface area contributed by atoms with Gasteiger partial charge in [0.05, 0.1) is 0 Å². The topological polar surface area (TPSA) is 78.9 Å². The van der Waals surface area contributed by atoms with Gasteiger partial charge in [0.1, 0.15) is 13.2 Å². The van der Waals surface area contributed by atoms with Gasteiger partial charge in [-0.25, -0.2) is 0 Å². The zero-order valence-electron chi connectivity index (χ0n) is 53.3. The molecule has 0 aliphatic heterocycles. The van der Waals surface area contributed by atoms with Gasteiger partial charge in [-0.05, 0) is 83.5 Å². The van der Waals surface area contributed by atoms with Gasteiger partial charge in [0.2, 0.25) is 0 Å². The average molecular weight is 1130 g/mol. The van der Waals surface area contributed by atoms with Crippen LogP contribution in [0.5, 0.6) is 0 Å². The molecule has 0 saturated carbocycles. The predicted octanol–water partition coefficient (Wildman–Crippen LogP) is 23.8. The molecule has 0 bridgehead atoms. The van der Waals surface area contributed by atoms with Crippen LogP contribution < -0.4 is 0 Å². The maximum Gasteiger partial charge on any atom is 0.306 e. The van der Waals surface area contributed by atoms with Crippen molar-refractivity contribution in [3.8, 4) is 0 Å². The fraction of sp³-hybridized carbons (Fsp3) is 0.720. The first-order chi connectivity index (χ1) is 40.0. The summed E-state index contributed by atoms with van der Waals surface area (Å²) in [5.41, 5.74) is 0. The summed E-state index contributed by atoms with van der Waals surface area (Å²) in [5.74, 6) is -0.941. The number of hydrogen-bond donors (Lipinski definition) is 0. The number of carbonyl (C=O) groups excluding carboxylic acids is 3. The van der Waals surface area contributed by atoms with Crippen molar-refractivity contribution in [2.24, 2.45) is 0 Å². The van der Waals surface area contributed by atoms with Crippen LogP contribution in [0.4, 0.5) is 0 Å². The van der Waals surface area contributed by atoms with Crippen LogP contribution in [-0.4, -0.2) is 37.2 Å². The minimum Gasteiger partial charge on any atom is -0.462 e. The highest BCUT2D eigenvalue weighted by molar-refractivity contribution is 5.71. The summed E-state index contributed by atoms with van der Waals surface area (Å²) in [4.78, 5) is 38.3. The van der Waals surface area contributed by atoms with Crippen LogP contribution in [0.3, 0.4) is 0 Å². The average Bonchev–Trinajstić information content (AvgIpc) is 3.47. The predicted molar refractivity (Wildman–Crippen MR) is 353 cm³/mol. The highest BCUT2D eigenvalue weighted by Crippen LogP contribution is 2.17. The van der Waals surface area contributed by atoms with E-state index in [9.17, 15) is 14.4 Å². The SMILES string of the molecule is CC/C=C\C/C=C\C/C=C\C/C=C\C/C=C\C/C=C\C/C=C\C/C=C\C/C=C\CCCC(=O)OCC(COC(=O)CCCCCCCCCCCCCC)OC(=O)CCCCCCCCCCCCCCCCCCCCCCCC. The summed E-state index contributed by atoms with van der Waals surface area (Å²) >= 11 is 0. The highest BCUT2D eigenvalue weighted by Gasteiger charge is 2.19. The van der Waals surface area contributed by atoms with Crippen molar-refractivity contribution in [1.82, 2.24) is 0 Å². The number of allylic oxidation sites excluding steroid dienone is 18. The van der Waals surface area contributed by atoms with Crippen molar-refractivity contribution in [2.45, 2.75) is 335 Å². The first-order valence-corrected chi connectivity index (χ1v) is 34.4. The molecule has 0 aliphatic carbocycles. The maximum absolute atomic E-state index is 12.9. The Bertz CT molecular complexity index is 1620. The minimum atomic E-state index is -0.801. The lowest BCUT2D eigenvalue weighted by Gasteiger charge is -2.18. The third kappa shape index (κ3) is 66.8. The number of hydrogen-bond acceptors (Lipinski definition) is 6. The van der Waals surface area contributed by atoms with E-state index in [2.05, 4.69) is 130 Å². The quantitative estimate of drug-likeness (QED) is 0.0261. The van der Waals surface area contributed by atoms with Crippen LogP contribution in [0.15, 0.2) is 109 Å². The van der Waals surface area contributed by atoms with Crippen LogP contribution in [0.25, 0.3) is 0 Å². The molecule has 464 valence electrons. The van der Waals surface area contributed by atoms with E-state index < -0.39 is 6.10 Å². The molecule has 0 aromatic heterocycles. The molecule has 0 fully saturated rings. The molecule has 0 aliphatic rings. The van der Waals surface area contributed by atoms with Gasteiger partial charge < -0.3 is 14.2 Å². The third-order valence-electron chi connectivity index (χ3n) is 14.8. The number of carbonyl (C=O) groups is 3. The Morgan fingerprint density at radius 3 is 0.753 bits per heavy atom. The van der Waals surface area contributed by atoms with Gasteiger partial charge in [-0.2, -0.15) is 0 Å². The van der Waals surface area contributed by atoms with E-state index in [0.717, 1.165) is 103 Å². The molecular formula is C75H128O6. The lowest BCUT2D eigenvalue weighted by molar-refractivity contribution is -0.167. The van der Waals surface area contributed by atoms with Crippen LogP contribution in [0.1, 0.15) is 329 Å². The Labute approximate surface area is 501 Å². The summed E-state index contributed by atoms with van der Waals surface area (Å²) in [6.45, 7) is 6.52. The first kappa shape index (κ1) is 77.1. The highest BCUT2D eigenvalue weighted by atomic mass is 16.6. The molecule has 0 aromatic carbocycles. The smallest absolute Gasteiger partial charge is 0.306 e. The molecular weight excluding hydrogens is 997 g/mol. The standard InChI is InChI=1S/C75H128O6/c1-4-7-10-13-16-19-22-25-27-29-31-33-35-36-37-38-39-40-41-43-44-46-48-50-53-56-59-62-65-68-74(77)80-71-72(70-79-73(76)67-64-61-58-55-52-24-21-18-15-12-9-6-3)81-75(78)69-66-63-60-57-54-51-49-47-45-42-34-32-30-28-26-23-20-17-14-11-8-5-2/h7,10,16,19,25,27,31,33,36-37,39-40,43-44,48,50,56,59,72H,4-6,8-9,11-15,17-18,20-24,26,28-30,32,34-35,38,41-42,45-47,49,51-55,57-58,60-71H2,1-3H3/b10-7-,19-16-,27-25-,33-31-,37-36-,40-39-,44-43-,50-48-,59-56-. The number of esters is 3. The monoisotopic (exact) mass is 1120 g/mol. The Kier molecular flexibility index (Phi) is 65.2. The molecule has 6 heteroatoms. The van der Waals surface area contributed by atoms with E-state index in [-0.39, 0.29) is 37.5 Å². The maximum atomic E-state index is 12.9. The molecule has 0 rings (SSSR count). The van der Waals surface area contributed by atoms with E-state index in [1.807, 2.05) is 0 Å². The molecule has 1 unspecified atom stereocenters. The van der Waals surface area contributed by atoms with Gasteiger partial charge in [0.15, 0.2) is 6.10 Å². The largest absolute Gasteiger partial charge is 0.462 e. The number of rotatable bonds is 62. The van der Waals surface area contributed by atoms with Crippen molar-refractivity contribution in [3.63, 3.8) is 0 Å². The Balaban J connectivity index is 4.38. The van der Waals surface area contributed by atoms with Crippen molar-refractivity contribution in [1.29, 1.82) is 0 Å². The van der Waals surface area contributed by atoms with Crippen molar-refractivity contribution >= 4 is 17.9 Å². The fourth-order valence-corrected chi connectivity index (χ4v) is 9.68. The second-order valence-electron chi connectivity index (χ2n) is 22.7. The van der Waals surface area contributed by atoms with Gasteiger partial charge in [0, 0.05) is 19.3 Å². The number of unbranched alkanes of at least 4 members (excludes halogenated alkanes) is 33. The molecule has 0 amide bonds. The van der Waals surface area contributed by atoms with Crippen molar-refractivity contribution in [2.75, 3.05) is 13.2 Å². The van der Waals surface area contributed by atoms with E-state index in [1.165, 1.54) is 180 Å². The van der Waals surface area contributed by atoms with Crippen LogP contribution in [0.2, 0.25) is 0 Å². The summed E-state index contributed by atoms with van der Waals surface area (Å²) in [6, 6.07) is 0. The lowest BCUT2D eigenvalue weighted by Crippen LogP contribution is -2.30. The van der Waals surface area contributed by atoms with E-state index in [0.29, 0.717) is 19.3 Å². The Morgan fingerprint density at radius 2 is 0.481 bits per heavy atom. The zero-order chi connectivity index (χ0) is 58.5. The normalized spacial score (nSPS) is 12.8. The van der Waals surface area contributed by atoms with Crippen LogP contribution in [0, 0.1) is 0 Å². The molecule has 0 saturated heterocycles. The van der Waals surface area contributed by atoms with E-state index >= 15 is 0 Å². The molecule has 0 radical (unpaired) electrons. The van der Waals surface area contributed by atoms with Gasteiger partial charge in [-0.15, -0.1) is 0 Å². The molecule has 6 nitrogen and oxygen atoms in total. The van der Waals surface area contributed by atoms with Gasteiger partial charge in [-0.1, -0.05) is 336 Å². The second-order valence-corrected chi connectivity index (χ2v) is 22.7.